The smallest absolute Gasteiger partial charge is 0.258 e. The lowest BCUT2D eigenvalue weighted by Gasteiger charge is -2.41. The van der Waals surface area contributed by atoms with E-state index < -0.39 is 17.8 Å². The lowest BCUT2D eigenvalue weighted by atomic mass is 10.0. The van der Waals surface area contributed by atoms with Crippen LogP contribution in [-0.4, -0.2) is 16.8 Å². The molecule has 0 saturated heterocycles. The minimum Gasteiger partial charge on any atom is -0.361 e. The van der Waals surface area contributed by atoms with E-state index in [9.17, 15) is 13.6 Å². The number of nitrogens with zero attached hydrogens (tertiary/aromatic N) is 1. The van der Waals surface area contributed by atoms with E-state index in [-0.39, 0.29) is 17.5 Å². The lowest BCUT2D eigenvalue weighted by Crippen LogP contribution is -2.47. The van der Waals surface area contributed by atoms with Gasteiger partial charge in [-0.2, -0.15) is 0 Å². The number of rotatable bonds is 3. The fourth-order valence-electron chi connectivity index (χ4n) is 2.87. The van der Waals surface area contributed by atoms with E-state index >= 15 is 0 Å². The molecule has 0 saturated carbocycles. The van der Waals surface area contributed by atoms with Gasteiger partial charge in [0.1, 0.15) is 17.8 Å². The Kier molecular flexibility index (Phi) is 4.03. The molecule has 0 spiro atoms. The second-order valence-corrected chi connectivity index (χ2v) is 5.73. The molecule has 0 aliphatic carbocycles. The molecule has 2 atom stereocenters. The van der Waals surface area contributed by atoms with Crippen LogP contribution in [0.25, 0.3) is 0 Å². The van der Waals surface area contributed by atoms with Gasteiger partial charge in [0, 0.05) is 23.4 Å². The van der Waals surface area contributed by atoms with Crippen LogP contribution in [0.4, 0.5) is 14.5 Å². The highest BCUT2D eigenvalue weighted by molar-refractivity contribution is 6.01. The van der Waals surface area contributed by atoms with Gasteiger partial charge in [-0.15, -0.1) is 0 Å². The van der Waals surface area contributed by atoms with Gasteiger partial charge >= 0.3 is 0 Å². The van der Waals surface area contributed by atoms with Crippen molar-refractivity contribution in [2.75, 3.05) is 5.32 Å². The third-order valence-electron chi connectivity index (χ3n) is 4.29. The third kappa shape index (κ3) is 2.67. The number of para-hydroxylation sites is 1. The van der Waals surface area contributed by atoms with Crippen LogP contribution < -0.4 is 5.32 Å². The summed E-state index contributed by atoms with van der Waals surface area (Å²) >= 11 is 0. The average Bonchev–Trinajstić information content (AvgIpc) is 2.54. The van der Waals surface area contributed by atoms with Crippen molar-refractivity contribution in [2.24, 2.45) is 0 Å². The fraction of sp³-hybridized carbons (Fsp3) is 0.278. The molecule has 0 unspecified atom stereocenters. The number of fused-ring (bicyclic) bond motifs is 1. The number of hydrogen-bond acceptors (Lipinski definition) is 2. The van der Waals surface area contributed by atoms with Gasteiger partial charge in [0.05, 0.1) is 5.56 Å². The highest BCUT2D eigenvalue weighted by Gasteiger charge is 2.36. The van der Waals surface area contributed by atoms with Gasteiger partial charge in [0.2, 0.25) is 0 Å². The Bertz CT molecular complexity index is 748. The third-order valence-corrected chi connectivity index (χ3v) is 4.29. The Morgan fingerprint density at radius 1 is 1.22 bits per heavy atom. The normalized spacial score (nSPS) is 18.3. The van der Waals surface area contributed by atoms with Crippen LogP contribution in [-0.2, 0) is 0 Å². The summed E-state index contributed by atoms with van der Waals surface area (Å²) in [4.78, 5) is 14.5. The van der Waals surface area contributed by atoms with Crippen molar-refractivity contribution in [3.8, 4) is 0 Å². The average molecular weight is 316 g/mol. The molecular formula is C18H18F2N2O. The van der Waals surface area contributed by atoms with E-state index in [0.29, 0.717) is 11.3 Å². The lowest BCUT2D eigenvalue weighted by molar-refractivity contribution is 0.0590. The highest BCUT2D eigenvalue weighted by Crippen LogP contribution is 2.35. The molecule has 5 heteroatoms. The van der Waals surface area contributed by atoms with E-state index in [1.54, 1.807) is 23.1 Å². The predicted octanol–water partition coefficient (Wildman–Crippen LogP) is 4.33. The first-order valence-electron chi connectivity index (χ1n) is 7.66. The number of benzene rings is 2. The fourth-order valence-corrected chi connectivity index (χ4v) is 2.87. The first kappa shape index (κ1) is 15.5. The van der Waals surface area contributed by atoms with E-state index in [1.165, 1.54) is 12.1 Å². The van der Waals surface area contributed by atoms with Gasteiger partial charge < -0.3 is 10.2 Å². The van der Waals surface area contributed by atoms with Crippen molar-refractivity contribution in [3.05, 3.63) is 65.2 Å². The molecule has 1 aliphatic heterocycles. The summed E-state index contributed by atoms with van der Waals surface area (Å²) < 4.78 is 27.5. The van der Waals surface area contributed by atoms with Crippen LogP contribution in [0.1, 0.15) is 42.4 Å². The van der Waals surface area contributed by atoms with Crippen LogP contribution in [0.3, 0.4) is 0 Å². The van der Waals surface area contributed by atoms with Crippen molar-refractivity contribution in [3.63, 3.8) is 0 Å². The molecule has 0 bridgehead atoms. The molecule has 1 aliphatic rings. The number of amides is 1. The van der Waals surface area contributed by atoms with Crippen LogP contribution in [0.15, 0.2) is 42.5 Å². The zero-order chi connectivity index (χ0) is 16.6. The molecule has 0 aromatic heterocycles. The van der Waals surface area contributed by atoms with E-state index in [1.807, 2.05) is 19.9 Å². The Morgan fingerprint density at radius 3 is 2.65 bits per heavy atom. The van der Waals surface area contributed by atoms with Gasteiger partial charge in [0.25, 0.3) is 5.91 Å². The Morgan fingerprint density at radius 2 is 1.96 bits per heavy atom. The summed E-state index contributed by atoms with van der Waals surface area (Å²) in [5.41, 5.74) is 1.48. The standard InChI is InChI=1S/C18H18F2N2O/c1-3-11(2)22-17(13-9-8-12(19)10-15(13)20)21-16-7-5-4-6-14(16)18(22)23/h4-11,17,21H,3H2,1-2H3/t11-,17-/m1/s1. The number of halogens is 2. The zero-order valence-corrected chi connectivity index (χ0v) is 13.0. The van der Waals surface area contributed by atoms with Crippen molar-refractivity contribution in [1.29, 1.82) is 0 Å². The molecule has 3 rings (SSSR count). The number of anilines is 1. The summed E-state index contributed by atoms with van der Waals surface area (Å²) in [6, 6.07) is 10.5. The van der Waals surface area contributed by atoms with Crippen LogP contribution >= 0.6 is 0 Å². The summed E-state index contributed by atoms with van der Waals surface area (Å²) in [6.07, 6.45) is 0.0717. The molecule has 1 heterocycles. The quantitative estimate of drug-likeness (QED) is 0.914. The van der Waals surface area contributed by atoms with Gasteiger partial charge in [0.15, 0.2) is 0 Å². The minimum atomic E-state index is -0.664. The molecule has 3 nitrogen and oxygen atoms in total. The van der Waals surface area contributed by atoms with Crippen LogP contribution in [0.5, 0.6) is 0 Å². The van der Waals surface area contributed by atoms with Crippen LogP contribution in [0, 0.1) is 11.6 Å². The van der Waals surface area contributed by atoms with Gasteiger partial charge in [-0.1, -0.05) is 19.1 Å². The predicted molar refractivity (Wildman–Crippen MR) is 85.1 cm³/mol. The molecule has 2 aromatic rings. The van der Waals surface area contributed by atoms with Gasteiger partial charge in [-0.05, 0) is 37.6 Å². The van der Waals surface area contributed by atoms with Crippen molar-refractivity contribution >= 4 is 11.6 Å². The van der Waals surface area contributed by atoms with Crippen molar-refractivity contribution < 1.29 is 13.6 Å². The van der Waals surface area contributed by atoms with Crippen LogP contribution in [0.2, 0.25) is 0 Å². The van der Waals surface area contributed by atoms with Crippen molar-refractivity contribution in [1.82, 2.24) is 4.90 Å². The second kappa shape index (κ2) is 5.99. The highest BCUT2D eigenvalue weighted by atomic mass is 19.1. The Hall–Kier alpha value is -2.43. The summed E-state index contributed by atoms with van der Waals surface area (Å²) in [7, 11) is 0. The minimum absolute atomic E-state index is 0.0854. The first-order valence-corrected chi connectivity index (χ1v) is 7.66. The number of hydrogen-bond donors (Lipinski definition) is 1. The second-order valence-electron chi connectivity index (χ2n) is 5.73. The maximum atomic E-state index is 14.3. The monoisotopic (exact) mass is 316 g/mol. The summed E-state index contributed by atoms with van der Waals surface area (Å²) in [6.45, 7) is 3.89. The molecule has 1 amide bonds. The topological polar surface area (TPSA) is 32.3 Å². The molecule has 1 N–H and O–H groups in total. The molecule has 2 aromatic carbocycles. The van der Waals surface area contributed by atoms with E-state index in [2.05, 4.69) is 5.32 Å². The SMILES string of the molecule is CC[C@@H](C)N1C(=O)c2ccccc2N[C@H]1c1ccc(F)cc1F. The van der Waals surface area contributed by atoms with Gasteiger partial charge in [-0.3, -0.25) is 4.79 Å². The molecule has 0 radical (unpaired) electrons. The maximum Gasteiger partial charge on any atom is 0.258 e. The zero-order valence-electron chi connectivity index (χ0n) is 13.0. The Labute approximate surface area is 133 Å². The first-order chi connectivity index (χ1) is 11.0. The number of carbonyl (C=O) groups excluding carboxylic acids is 1. The van der Waals surface area contributed by atoms with E-state index in [4.69, 9.17) is 0 Å². The number of nitrogens with one attached hydrogen (secondary N) is 1. The number of carbonyl (C=O) groups is 1. The maximum absolute atomic E-state index is 14.3. The Balaban J connectivity index is 2.11. The summed E-state index contributed by atoms with van der Waals surface area (Å²) in [5.74, 6) is -1.45. The van der Waals surface area contributed by atoms with Gasteiger partial charge in [-0.25, -0.2) is 8.78 Å². The largest absolute Gasteiger partial charge is 0.361 e. The molecular weight excluding hydrogens is 298 g/mol. The molecule has 120 valence electrons. The molecule has 0 fully saturated rings. The summed E-state index contributed by atoms with van der Waals surface area (Å²) in [5, 5.41) is 3.21. The van der Waals surface area contributed by atoms with Crippen molar-refractivity contribution in [2.45, 2.75) is 32.5 Å². The molecule has 23 heavy (non-hydrogen) atoms. The van der Waals surface area contributed by atoms with E-state index in [0.717, 1.165) is 12.5 Å².